The minimum Gasteiger partial charge on any atom is -0.481 e. The summed E-state index contributed by atoms with van der Waals surface area (Å²) in [5.41, 5.74) is 9.53. The zero-order chi connectivity index (χ0) is 18.3. The molecule has 0 amide bonds. The van der Waals surface area contributed by atoms with Gasteiger partial charge in [-0.2, -0.15) is 0 Å². The standard InChI is InChI=1S/C18H15N5O2S/c1-9-6-11-15(21-7-9)14(19)13(16(24)23-11)18-22-8-12(26-18)10-4-3-5-20-17(10)25-2/h3-8H,1-2H3,(H3,19,23,24). The highest BCUT2D eigenvalue weighted by atomic mass is 32.1. The molecule has 0 fully saturated rings. The van der Waals surface area contributed by atoms with Crippen molar-refractivity contribution < 1.29 is 4.74 Å². The molecule has 4 aromatic rings. The SMILES string of the molecule is COc1ncccc1-c1cnc(-c2c(N)c3ncc(C)cc3[nH]c2=O)s1. The molecule has 26 heavy (non-hydrogen) atoms. The van der Waals surface area contributed by atoms with Crippen molar-refractivity contribution in [3.63, 3.8) is 0 Å². The van der Waals surface area contributed by atoms with E-state index in [1.54, 1.807) is 25.7 Å². The van der Waals surface area contributed by atoms with Gasteiger partial charge >= 0.3 is 0 Å². The van der Waals surface area contributed by atoms with Gasteiger partial charge in [-0.25, -0.2) is 9.97 Å². The average Bonchev–Trinajstić information content (AvgIpc) is 3.10. The summed E-state index contributed by atoms with van der Waals surface area (Å²) in [6, 6.07) is 5.56. The van der Waals surface area contributed by atoms with Crippen molar-refractivity contribution in [2.75, 3.05) is 12.8 Å². The van der Waals surface area contributed by atoms with Crippen LogP contribution in [0.1, 0.15) is 5.56 Å². The second kappa shape index (κ2) is 6.23. The summed E-state index contributed by atoms with van der Waals surface area (Å²) in [6.45, 7) is 1.91. The fraction of sp³-hybridized carbons (Fsp3) is 0.111. The number of methoxy groups -OCH3 is 1. The molecule has 3 N–H and O–H groups in total. The molecule has 0 spiro atoms. The van der Waals surface area contributed by atoms with E-state index < -0.39 is 0 Å². The number of nitrogens with two attached hydrogens (primary N) is 1. The number of anilines is 1. The van der Waals surface area contributed by atoms with Crippen LogP contribution in [0.25, 0.3) is 32.0 Å². The first-order valence-electron chi connectivity index (χ1n) is 7.82. The van der Waals surface area contributed by atoms with Gasteiger partial charge in [0, 0.05) is 18.6 Å². The molecule has 130 valence electrons. The number of hydrogen-bond acceptors (Lipinski definition) is 7. The lowest BCUT2D eigenvalue weighted by Crippen LogP contribution is -2.13. The maximum atomic E-state index is 12.6. The number of fused-ring (bicyclic) bond motifs is 1. The Hall–Kier alpha value is -3.26. The van der Waals surface area contributed by atoms with Crippen LogP contribution in [0.15, 0.2) is 41.6 Å². The van der Waals surface area contributed by atoms with Crippen molar-refractivity contribution in [3.05, 3.63) is 52.7 Å². The van der Waals surface area contributed by atoms with Gasteiger partial charge in [0.05, 0.1) is 28.8 Å². The first kappa shape index (κ1) is 16.2. The van der Waals surface area contributed by atoms with E-state index in [4.69, 9.17) is 10.5 Å². The van der Waals surface area contributed by atoms with Gasteiger partial charge in [0.2, 0.25) is 5.88 Å². The van der Waals surface area contributed by atoms with Crippen molar-refractivity contribution in [2.24, 2.45) is 0 Å². The summed E-state index contributed by atoms with van der Waals surface area (Å²) < 4.78 is 5.30. The van der Waals surface area contributed by atoms with Crippen LogP contribution in [0.4, 0.5) is 5.69 Å². The lowest BCUT2D eigenvalue weighted by molar-refractivity contribution is 0.400. The molecule has 0 unspecified atom stereocenters. The Morgan fingerprint density at radius 1 is 1.23 bits per heavy atom. The average molecular weight is 365 g/mol. The summed E-state index contributed by atoms with van der Waals surface area (Å²) in [5, 5.41) is 0.522. The van der Waals surface area contributed by atoms with Crippen LogP contribution in [0.5, 0.6) is 5.88 Å². The molecule has 0 aliphatic heterocycles. The maximum Gasteiger partial charge on any atom is 0.260 e. The Labute approximate surface area is 152 Å². The Morgan fingerprint density at radius 2 is 2.08 bits per heavy atom. The third-order valence-electron chi connectivity index (χ3n) is 3.97. The molecular formula is C18H15N5O2S. The zero-order valence-electron chi connectivity index (χ0n) is 14.1. The van der Waals surface area contributed by atoms with E-state index in [0.717, 1.165) is 16.0 Å². The van der Waals surface area contributed by atoms with Crippen molar-refractivity contribution >= 4 is 28.1 Å². The molecule has 0 saturated carbocycles. The largest absolute Gasteiger partial charge is 0.481 e. The highest BCUT2D eigenvalue weighted by molar-refractivity contribution is 7.18. The molecule has 4 heterocycles. The molecule has 0 radical (unpaired) electrons. The fourth-order valence-electron chi connectivity index (χ4n) is 2.77. The van der Waals surface area contributed by atoms with Crippen molar-refractivity contribution in [2.45, 2.75) is 6.92 Å². The minimum absolute atomic E-state index is 0.290. The van der Waals surface area contributed by atoms with Gasteiger partial charge in [0.15, 0.2) is 0 Å². The van der Waals surface area contributed by atoms with E-state index in [1.807, 2.05) is 25.1 Å². The zero-order valence-corrected chi connectivity index (χ0v) is 14.9. The molecule has 8 heteroatoms. The second-order valence-electron chi connectivity index (χ2n) is 5.74. The number of thiazole rings is 1. The molecule has 7 nitrogen and oxygen atoms in total. The van der Waals surface area contributed by atoms with Gasteiger partial charge in [-0.3, -0.25) is 9.78 Å². The van der Waals surface area contributed by atoms with Crippen LogP contribution in [-0.4, -0.2) is 27.0 Å². The highest BCUT2D eigenvalue weighted by Crippen LogP contribution is 2.37. The lowest BCUT2D eigenvalue weighted by atomic mass is 10.1. The second-order valence-corrected chi connectivity index (χ2v) is 6.77. The Morgan fingerprint density at radius 3 is 2.88 bits per heavy atom. The number of aryl methyl sites for hydroxylation is 1. The van der Waals surface area contributed by atoms with Crippen LogP contribution in [0, 0.1) is 6.92 Å². The molecule has 0 aliphatic rings. The number of hydrogen-bond donors (Lipinski definition) is 2. The van der Waals surface area contributed by atoms with Gasteiger partial charge in [-0.05, 0) is 30.7 Å². The summed E-state index contributed by atoms with van der Waals surface area (Å²) in [7, 11) is 1.56. The summed E-state index contributed by atoms with van der Waals surface area (Å²) in [4.78, 5) is 29.2. The van der Waals surface area contributed by atoms with Crippen molar-refractivity contribution in [1.29, 1.82) is 0 Å². The summed E-state index contributed by atoms with van der Waals surface area (Å²) in [6.07, 6.45) is 5.06. The third kappa shape index (κ3) is 2.60. The topological polar surface area (TPSA) is 107 Å². The number of pyridine rings is 3. The predicted molar refractivity (Wildman–Crippen MR) is 102 cm³/mol. The quantitative estimate of drug-likeness (QED) is 0.578. The number of aromatic amines is 1. The van der Waals surface area contributed by atoms with Crippen LogP contribution in [-0.2, 0) is 0 Å². The van der Waals surface area contributed by atoms with Crippen LogP contribution < -0.4 is 16.0 Å². The number of rotatable bonds is 3. The van der Waals surface area contributed by atoms with Gasteiger partial charge in [0.1, 0.15) is 16.1 Å². The number of nitrogen functional groups attached to an aromatic ring is 1. The number of ether oxygens (including phenoxy) is 1. The lowest BCUT2D eigenvalue weighted by Gasteiger charge is -2.06. The van der Waals surface area contributed by atoms with Crippen molar-refractivity contribution in [3.8, 4) is 26.9 Å². The number of aromatic nitrogens is 4. The highest BCUT2D eigenvalue weighted by Gasteiger charge is 2.18. The fourth-order valence-corrected chi connectivity index (χ4v) is 3.76. The van der Waals surface area contributed by atoms with Gasteiger partial charge < -0.3 is 15.5 Å². The van der Waals surface area contributed by atoms with Crippen LogP contribution in [0.2, 0.25) is 0 Å². The van der Waals surface area contributed by atoms with Gasteiger partial charge in [0.25, 0.3) is 5.56 Å². The first-order valence-corrected chi connectivity index (χ1v) is 8.64. The van der Waals surface area contributed by atoms with Crippen molar-refractivity contribution in [1.82, 2.24) is 19.9 Å². The summed E-state index contributed by atoms with van der Waals surface area (Å²) in [5.74, 6) is 0.500. The third-order valence-corrected chi connectivity index (χ3v) is 5.02. The molecule has 0 bridgehead atoms. The van der Waals surface area contributed by atoms with Gasteiger partial charge in [-0.15, -0.1) is 11.3 Å². The monoisotopic (exact) mass is 365 g/mol. The van der Waals surface area contributed by atoms with E-state index in [-0.39, 0.29) is 5.56 Å². The van der Waals surface area contributed by atoms with E-state index in [9.17, 15) is 4.79 Å². The molecule has 0 saturated heterocycles. The number of H-pyrrole nitrogens is 1. The normalized spacial score (nSPS) is 11.0. The molecule has 0 atom stereocenters. The van der Waals surface area contributed by atoms with E-state index in [0.29, 0.717) is 33.2 Å². The van der Waals surface area contributed by atoms with Crippen LogP contribution in [0.3, 0.4) is 0 Å². The Bertz CT molecular complexity index is 1180. The number of nitrogens with zero attached hydrogens (tertiary/aromatic N) is 3. The van der Waals surface area contributed by atoms with E-state index in [2.05, 4.69) is 19.9 Å². The van der Waals surface area contributed by atoms with Gasteiger partial charge in [-0.1, -0.05) is 0 Å². The van der Waals surface area contributed by atoms with E-state index in [1.165, 1.54) is 11.3 Å². The van der Waals surface area contributed by atoms with E-state index >= 15 is 0 Å². The minimum atomic E-state index is -0.290. The Kier molecular flexibility index (Phi) is 3.89. The molecule has 0 aromatic carbocycles. The smallest absolute Gasteiger partial charge is 0.260 e. The molecule has 4 aromatic heterocycles. The number of nitrogens with one attached hydrogen (secondary N) is 1. The summed E-state index contributed by atoms with van der Waals surface area (Å²) >= 11 is 1.35. The maximum absolute atomic E-state index is 12.6. The molecular weight excluding hydrogens is 350 g/mol. The molecule has 0 aliphatic carbocycles. The molecule has 4 rings (SSSR count). The first-order chi connectivity index (χ1) is 12.6. The predicted octanol–water partition coefficient (Wildman–Crippen LogP) is 3.01. The Balaban J connectivity index is 1.88. The van der Waals surface area contributed by atoms with Crippen LogP contribution >= 0.6 is 11.3 Å².